The Bertz CT molecular complexity index is 1270. The maximum atomic E-state index is 11.7. The molecular formula is C28H28Cl2N2O3. The van der Waals surface area contributed by atoms with Gasteiger partial charge in [-0.1, -0.05) is 61.3 Å². The van der Waals surface area contributed by atoms with Crippen molar-refractivity contribution in [2.45, 2.75) is 33.1 Å². The molecule has 2 aromatic carbocycles. The number of carbonyl (C=O) groups is 1. The molecule has 1 heterocycles. The monoisotopic (exact) mass is 510 g/mol. The zero-order valence-electron chi connectivity index (χ0n) is 20.0. The van der Waals surface area contributed by atoms with E-state index in [2.05, 4.69) is 0 Å². The van der Waals surface area contributed by atoms with Gasteiger partial charge in [0.05, 0.1) is 40.7 Å². The highest BCUT2D eigenvalue weighted by molar-refractivity contribution is 6.42. The highest BCUT2D eigenvalue weighted by Gasteiger charge is 2.15. The molecule has 0 atom stereocenters. The molecule has 35 heavy (non-hydrogen) atoms. The van der Waals surface area contributed by atoms with Crippen LogP contribution in [-0.2, 0) is 4.79 Å². The molecule has 0 fully saturated rings. The fraction of sp³-hybridized carbons (Fsp3) is 0.214. The molecule has 3 rings (SSSR count). The number of aliphatic carboxylic acids is 1. The van der Waals surface area contributed by atoms with Gasteiger partial charge in [-0.2, -0.15) is 5.10 Å². The van der Waals surface area contributed by atoms with Gasteiger partial charge in [0, 0.05) is 5.56 Å². The Hall–Kier alpha value is -3.28. The Balaban J connectivity index is 2.19. The van der Waals surface area contributed by atoms with Gasteiger partial charge in [-0.25, -0.2) is 4.68 Å². The van der Waals surface area contributed by atoms with Crippen molar-refractivity contribution in [3.8, 4) is 22.7 Å². The molecule has 0 saturated carbocycles. The number of nitrogens with zero attached hydrogens (tertiary/aromatic N) is 2. The van der Waals surface area contributed by atoms with Crippen molar-refractivity contribution in [1.82, 2.24) is 9.78 Å². The van der Waals surface area contributed by atoms with Crippen LogP contribution >= 0.6 is 23.2 Å². The molecule has 0 amide bonds. The summed E-state index contributed by atoms with van der Waals surface area (Å²) >= 11 is 12.4. The van der Waals surface area contributed by atoms with Gasteiger partial charge in [-0.15, -0.1) is 0 Å². The van der Waals surface area contributed by atoms with Gasteiger partial charge in [0.2, 0.25) is 0 Å². The fourth-order valence-corrected chi connectivity index (χ4v) is 3.90. The number of benzene rings is 2. The van der Waals surface area contributed by atoms with Gasteiger partial charge in [0.1, 0.15) is 5.75 Å². The lowest BCUT2D eigenvalue weighted by Gasteiger charge is -2.09. The number of carboxylic acid groups (broad SMARTS) is 1. The Labute approximate surface area is 216 Å². The highest BCUT2D eigenvalue weighted by Crippen LogP contribution is 2.32. The molecule has 1 N–H and O–H groups in total. The number of hydrogen-bond donors (Lipinski definition) is 1. The number of aromatic nitrogens is 2. The van der Waals surface area contributed by atoms with E-state index in [0.29, 0.717) is 21.3 Å². The van der Waals surface area contributed by atoms with Gasteiger partial charge in [0.15, 0.2) is 0 Å². The van der Waals surface area contributed by atoms with Crippen molar-refractivity contribution in [3.05, 3.63) is 93.6 Å². The lowest BCUT2D eigenvalue weighted by atomic mass is 9.99. The van der Waals surface area contributed by atoms with Crippen LogP contribution in [0.25, 0.3) is 23.0 Å². The summed E-state index contributed by atoms with van der Waals surface area (Å²) in [4.78, 5) is 11.7. The topological polar surface area (TPSA) is 64.4 Å². The van der Waals surface area contributed by atoms with E-state index in [1.54, 1.807) is 23.9 Å². The minimum atomic E-state index is -0.901. The van der Waals surface area contributed by atoms with Crippen molar-refractivity contribution in [1.29, 1.82) is 0 Å². The summed E-state index contributed by atoms with van der Waals surface area (Å²) in [6.45, 7) is 4.07. The first-order valence-corrected chi connectivity index (χ1v) is 12.1. The van der Waals surface area contributed by atoms with E-state index in [-0.39, 0.29) is 6.42 Å². The molecular weight excluding hydrogens is 483 g/mol. The first-order chi connectivity index (χ1) is 16.9. The molecule has 1 aromatic heterocycles. The number of rotatable bonds is 10. The molecule has 0 radical (unpaired) electrons. The molecule has 0 bridgehead atoms. The van der Waals surface area contributed by atoms with Crippen LogP contribution < -0.4 is 4.74 Å². The summed E-state index contributed by atoms with van der Waals surface area (Å²) in [5, 5.41) is 15.3. The summed E-state index contributed by atoms with van der Waals surface area (Å²) in [6.07, 6.45) is 9.38. The zero-order chi connectivity index (χ0) is 25.4. The van der Waals surface area contributed by atoms with Crippen LogP contribution in [0.1, 0.15) is 38.8 Å². The lowest BCUT2D eigenvalue weighted by molar-refractivity contribution is -0.136. The molecule has 7 heteroatoms. The van der Waals surface area contributed by atoms with Crippen LogP contribution in [0.4, 0.5) is 0 Å². The van der Waals surface area contributed by atoms with Crippen molar-refractivity contribution < 1.29 is 14.6 Å². The quantitative estimate of drug-likeness (QED) is 0.280. The summed E-state index contributed by atoms with van der Waals surface area (Å²) in [5.74, 6) is -0.166. The molecule has 3 aromatic rings. The van der Waals surface area contributed by atoms with Crippen LogP contribution in [0.15, 0.2) is 77.9 Å². The van der Waals surface area contributed by atoms with E-state index in [4.69, 9.17) is 33.0 Å². The van der Waals surface area contributed by atoms with E-state index in [1.165, 1.54) is 0 Å². The summed E-state index contributed by atoms with van der Waals surface area (Å²) < 4.78 is 7.09. The second kappa shape index (κ2) is 12.4. The van der Waals surface area contributed by atoms with Crippen LogP contribution in [0.2, 0.25) is 10.0 Å². The standard InChI is InChI=1S/C28H28Cl2N2O3/c1-4-6-8-19(7-5-2)21(17-28(33)34)15-22-18-27(20-9-14-25(29)26(30)16-20)32(31-22)23-10-12-24(35-3)13-11-23/h6-16,18H,4-5,17H2,1-3H3,(H,33,34)/b8-6-,19-7+,21-15+. The van der Waals surface area contributed by atoms with Crippen molar-refractivity contribution in [2.75, 3.05) is 7.11 Å². The van der Waals surface area contributed by atoms with E-state index < -0.39 is 5.97 Å². The lowest BCUT2D eigenvalue weighted by Crippen LogP contribution is -2.01. The minimum Gasteiger partial charge on any atom is -0.497 e. The van der Waals surface area contributed by atoms with E-state index in [9.17, 15) is 9.90 Å². The van der Waals surface area contributed by atoms with Crippen LogP contribution in [0.5, 0.6) is 5.75 Å². The summed E-state index contributed by atoms with van der Waals surface area (Å²) in [5.41, 5.74) is 4.64. The average Bonchev–Trinajstić information content (AvgIpc) is 3.26. The third-order valence-electron chi connectivity index (χ3n) is 5.25. The highest BCUT2D eigenvalue weighted by atomic mass is 35.5. The molecule has 182 valence electrons. The summed E-state index contributed by atoms with van der Waals surface area (Å²) in [7, 11) is 1.62. The Morgan fingerprint density at radius 3 is 2.40 bits per heavy atom. The van der Waals surface area contributed by atoms with Gasteiger partial charge in [-0.3, -0.25) is 4.79 Å². The molecule has 5 nitrogen and oxygen atoms in total. The molecule has 0 aliphatic heterocycles. The molecule has 0 saturated heterocycles. The minimum absolute atomic E-state index is 0.114. The number of allylic oxidation sites excluding steroid dienone is 4. The van der Waals surface area contributed by atoms with Gasteiger partial charge in [-0.05, 0) is 72.5 Å². The average molecular weight is 511 g/mol. The smallest absolute Gasteiger partial charge is 0.307 e. The second-order valence-electron chi connectivity index (χ2n) is 7.81. The van der Waals surface area contributed by atoms with Gasteiger partial charge >= 0.3 is 5.97 Å². The maximum absolute atomic E-state index is 11.7. The van der Waals surface area contributed by atoms with Crippen molar-refractivity contribution in [3.63, 3.8) is 0 Å². The van der Waals surface area contributed by atoms with Crippen molar-refractivity contribution in [2.24, 2.45) is 0 Å². The van der Waals surface area contributed by atoms with Gasteiger partial charge in [0.25, 0.3) is 0 Å². The first-order valence-electron chi connectivity index (χ1n) is 11.4. The van der Waals surface area contributed by atoms with E-state index in [1.807, 2.05) is 74.5 Å². The third-order valence-corrected chi connectivity index (χ3v) is 5.99. The fourth-order valence-electron chi connectivity index (χ4n) is 3.60. The summed E-state index contributed by atoms with van der Waals surface area (Å²) in [6, 6.07) is 14.9. The first kappa shape index (κ1) is 26.3. The van der Waals surface area contributed by atoms with Crippen LogP contribution in [0, 0.1) is 0 Å². The molecule has 0 spiro atoms. The second-order valence-corrected chi connectivity index (χ2v) is 8.63. The number of halogens is 2. The number of hydrogen-bond acceptors (Lipinski definition) is 3. The van der Waals surface area contributed by atoms with Crippen molar-refractivity contribution >= 4 is 35.2 Å². The largest absolute Gasteiger partial charge is 0.497 e. The van der Waals surface area contributed by atoms with E-state index >= 15 is 0 Å². The molecule has 0 aliphatic rings. The molecule has 0 aliphatic carbocycles. The zero-order valence-corrected chi connectivity index (χ0v) is 21.5. The van der Waals surface area contributed by atoms with E-state index in [0.717, 1.165) is 41.1 Å². The predicted octanol–water partition coefficient (Wildman–Crippen LogP) is 8.02. The number of ether oxygens (including phenoxy) is 1. The Morgan fingerprint density at radius 1 is 1.06 bits per heavy atom. The normalized spacial score (nSPS) is 12.4. The predicted molar refractivity (Wildman–Crippen MR) is 144 cm³/mol. The Morgan fingerprint density at radius 2 is 1.80 bits per heavy atom. The Kier molecular flexibility index (Phi) is 9.35. The van der Waals surface area contributed by atoms with Gasteiger partial charge < -0.3 is 9.84 Å². The maximum Gasteiger partial charge on any atom is 0.307 e. The SMILES string of the molecule is CC\C=C/C(=C\CC)C(=C/c1cc(-c2ccc(Cl)c(Cl)c2)n(-c2ccc(OC)cc2)n1)/CC(=O)O. The van der Waals surface area contributed by atoms with Crippen LogP contribution in [0.3, 0.4) is 0 Å². The third kappa shape index (κ3) is 6.87. The molecule has 0 unspecified atom stereocenters. The number of carboxylic acids is 1. The number of methoxy groups -OCH3 is 1. The van der Waals surface area contributed by atoms with Crippen LogP contribution in [-0.4, -0.2) is 28.0 Å².